The summed E-state index contributed by atoms with van der Waals surface area (Å²) in [6, 6.07) is 6.38. The molecule has 0 N–H and O–H groups in total. The molecule has 3 heterocycles. The number of hydrogen-bond acceptors (Lipinski definition) is 4. The van der Waals surface area contributed by atoms with E-state index < -0.39 is 0 Å². The van der Waals surface area contributed by atoms with Crippen molar-refractivity contribution < 1.29 is 9.18 Å². The van der Waals surface area contributed by atoms with E-state index >= 15 is 0 Å². The number of amides is 1. The van der Waals surface area contributed by atoms with Crippen molar-refractivity contribution >= 4 is 5.91 Å². The molecule has 31 heavy (non-hydrogen) atoms. The van der Waals surface area contributed by atoms with Gasteiger partial charge in [0.15, 0.2) is 0 Å². The number of aromatic nitrogens is 3. The van der Waals surface area contributed by atoms with Gasteiger partial charge in [0.2, 0.25) is 5.91 Å². The molecule has 4 rings (SSSR count). The predicted octanol–water partition coefficient (Wildman–Crippen LogP) is 3.93. The molecule has 1 aromatic heterocycles. The fraction of sp³-hybridized carbons (Fsp3) is 0.625. The number of aryl methyl sites for hydroxylation is 1. The maximum atomic E-state index is 13.3. The van der Waals surface area contributed by atoms with Crippen LogP contribution in [0.1, 0.15) is 75.1 Å². The molecule has 168 valence electrons. The topological polar surface area (TPSA) is 54.3 Å². The minimum Gasteiger partial charge on any atom is -0.335 e. The number of nitrogens with zero attached hydrogens (tertiary/aromatic N) is 5. The Kier molecular flexibility index (Phi) is 7.00. The molecule has 7 heteroatoms. The van der Waals surface area contributed by atoms with Crippen LogP contribution in [0.3, 0.4) is 0 Å². The first-order valence-corrected chi connectivity index (χ1v) is 11.8. The summed E-state index contributed by atoms with van der Waals surface area (Å²) in [6.07, 6.45) is 6.84. The van der Waals surface area contributed by atoms with E-state index in [0.717, 1.165) is 56.1 Å². The molecular formula is C24H34FN5O. The summed E-state index contributed by atoms with van der Waals surface area (Å²) in [6.45, 7) is 7.87. The Morgan fingerprint density at radius 1 is 1.16 bits per heavy atom. The molecule has 2 atom stereocenters. The van der Waals surface area contributed by atoms with E-state index in [4.69, 9.17) is 0 Å². The van der Waals surface area contributed by atoms with Gasteiger partial charge < -0.3 is 9.47 Å². The molecule has 1 amide bonds. The van der Waals surface area contributed by atoms with Crippen LogP contribution in [-0.4, -0.2) is 56.7 Å². The second kappa shape index (κ2) is 9.90. The SMILES string of the molecule is CCN(C(=O)CN1CCCC(c2nnc3n2CCCCC3)C1)C(C)c1ccc(F)cc1. The number of piperidine rings is 1. The fourth-order valence-corrected chi connectivity index (χ4v) is 5.09. The van der Waals surface area contributed by atoms with Gasteiger partial charge in [-0.15, -0.1) is 10.2 Å². The predicted molar refractivity (Wildman–Crippen MR) is 118 cm³/mol. The highest BCUT2D eigenvalue weighted by Gasteiger charge is 2.29. The van der Waals surface area contributed by atoms with Crippen molar-refractivity contribution in [2.24, 2.45) is 0 Å². The van der Waals surface area contributed by atoms with Crippen molar-refractivity contribution in [3.63, 3.8) is 0 Å². The lowest BCUT2D eigenvalue weighted by Crippen LogP contribution is -2.44. The zero-order chi connectivity index (χ0) is 21.8. The summed E-state index contributed by atoms with van der Waals surface area (Å²) >= 11 is 0. The van der Waals surface area contributed by atoms with E-state index in [1.807, 2.05) is 18.7 Å². The number of likely N-dealkylation sites (N-methyl/N-ethyl adjacent to an activating group) is 1. The van der Waals surface area contributed by atoms with Gasteiger partial charge in [0.1, 0.15) is 17.5 Å². The van der Waals surface area contributed by atoms with Gasteiger partial charge in [-0.2, -0.15) is 0 Å². The molecule has 2 unspecified atom stereocenters. The second-order valence-corrected chi connectivity index (χ2v) is 8.92. The molecule has 0 radical (unpaired) electrons. The molecule has 2 aromatic rings. The van der Waals surface area contributed by atoms with Gasteiger partial charge >= 0.3 is 0 Å². The maximum absolute atomic E-state index is 13.3. The summed E-state index contributed by atoms with van der Waals surface area (Å²) in [5.41, 5.74) is 0.958. The number of fused-ring (bicyclic) bond motifs is 1. The van der Waals surface area contributed by atoms with Crippen molar-refractivity contribution in [2.45, 2.75) is 70.9 Å². The monoisotopic (exact) mass is 427 g/mol. The van der Waals surface area contributed by atoms with Gasteiger partial charge in [0.05, 0.1) is 12.6 Å². The lowest BCUT2D eigenvalue weighted by atomic mass is 9.97. The van der Waals surface area contributed by atoms with Crippen LogP contribution in [0, 0.1) is 5.82 Å². The van der Waals surface area contributed by atoms with Crippen molar-refractivity contribution in [1.82, 2.24) is 24.6 Å². The highest BCUT2D eigenvalue weighted by Crippen LogP contribution is 2.28. The lowest BCUT2D eigenvalue weighted by molar-refractivity contribution is -0.134. The highest BCUT2D eigenvalue weighted by molar-refractivity contribution is 5.78. The first-order chi connectivity index (χ1) is 15.1. The van der Waals surface area contributed by atoms with Crippen LogP contribution in [0.4, 0.5) is 4.39 Å². The summed E-state index contributed by atoms with van der Waals surface area (Å²) in [7, 11) is 0. The van der Waals surface area contributed by atoms with Crippen molar-refractivity contribution in [3.8, 4) is 0 Å². The summed E-state index contributed by atoms with van der Waals surface area (Å²) in [5, 5.41) is 9.04. The zero-order valence-electron chi connectivity index (χ0n) is 18.8. The molecule has 2 aliphatic heterocycles. The van der Waals surface area contributed by atoms with E-state index in [1.54, 1.807) is 12.1 Å². The molecule has 0 aliphatic carbocycles. The Balaban J connectivity index is 1.41. The zero-order valence-corrected chi connectivity index (χ0v) is 18.8. The average molecular weight is 428 g/mol. The Morgan fingerprint density at radius 3 is 2.74 bits per heavy atom. The second-order valence-electron chi connectivity index (χ2n) is 8.92. The fourth-order valence-electron chi connectivity index (χ4n) is 5.09. The summed E-state index contributed by atoms with van der Waals surface area (Å²) in [4.78, 5) is 17.3. The van der Waals surface area contributed by atoms with Crippen LogP contribution in [0.15, 0.2) is 24.3 Å². The number of carbonyl (C=O) groups excluding carboxylic acids is 1. The van der Waals surface area contributed by atoms with Crippen LogP contribution >= 0.6 is 0 Å². The van der Waals surface area contributed by atoms with Crippen LogP contribution in [-0.2, 0) is 17.8 Å². The quantitative estimate of drug-likeness (QED) is 0.701. The molecule has 2 aliphatic rings. The molecule has 0 bridgehead atoms. The van der Waals surface area contributed by atoms with E-state index in [9.17, 15) is 9.18 Å². The highest BCUT2D eigenvalue weighted by atomic mass is 19.1. The van der Waals surface area contributed by atoms with E-state index in [-0.39, 0.29) is 17.8 Å². The van der Waals surface area contributed by atoms with E-state index in [1.165, 1.54) is 31.4 Å². The van der Waals surface area contributed by atoms with Gasteiger partial charge in [-0.3, -0.25) is 9.69 Å². The summed E-state index contributed by atoms with van der Waals surface area (Å²) < 4.78 is 15.6. The Labute approximate surface area is 184 Å². The average Bonchev–Trinajstić information content (AvgIpc) is 3.03. The van der Waals surface area contributed by atoms with Crippen LogP contribution in [0.2, 0.25) is 0 Å². The van der Waals surface area contributed by atoms with Crippen LogP contribution in [0.25, 0.3) is 0 Å². The largest absolute Gasteiger partial charge is 0.335 e. The Morgan fingerprint density at radius 2 is 1.97 bits per heavy atom. The molecule has 0 spiro atoms. The van der Waals surface area contributed by atoms with Crippen molar-refractivity contribution in [1.29, 1.82) is 0 Å². The molecule has 1 saturated heterocycles. The van der Waals surface area contributed by atoms with Crippen LogP contribution < -0.4 is 0 Å². The summed E-state index contributed by atoms with van der Waals surface area (Å²) in [5.74, 6) is 2.45. The number of rotatable bonds is 6. The first-order valence-electron chi connectivity index (χ1n) is 11.8. The number of hydrogen-bond donors (Lipinski definition) is 0. The van der Waals surface area contributed by atoms with Gasteiger partial charge in [-0.1, -0.05) is 18.6 Å². The van der Waals surface area contributed by atoms with Crippen LogP contribution in [0.5, 0.6) is 0 Å². The number of halogens is 1. The first kappa shape index (κ1) is 21.9. The number of carbonyl (C=O) groups is 1. The maximum Gasteiger partial charge on any atom is 0.237 e. The third kappa shape index (κ3) is 4.97. The van der Waals surface area contributed by atoms with E-state index in [2.05, 4.69) is 19.7 Å². The molecule has 0 saturated carbocycles. The number of benzene rings is 1. The molecule has 1 aromatic carbocycles. The van der Waals surface area contributed by atoms with Gasteiger partial charge in [0.25, 0.3) is 0 Å². The third-order valence-corrected chi connectivity index (χ3v) is 6.85. The van der Waals surface area contributed by atoms with Crippen molar-refractivity contribution in [2.75, 3.05) is 26.2 Å². The molecule has 1 fully saturated rings. The van der Waals surface area contributed by atoms with Gasteiger partial charge in [0, 0.05) is 32.0 Å². The minimum absolute atomic E-state index is 0.0778. The van der Waals surface area contributed by atoms with Gasteiger partial charge in [-0.05, 0) is 63.8 Å². The smallest absolute Gasteiger partial charge is 0.237 e. The number of likely N-dealkylation sites (tertiary alicyclic amines) is 1. The van der Waals surface area contributed by atoms with E-state index in [0.29, 0.717) is 19.0 Å². The Bertz CT molecular complexity index is 881. The standard InChI is InChI=1S/C24H34FN5O/c1-3-29(18(2)19-10-12-21(25)13-11-19)23(31)17-28-14-7-8-20(16-28)24-27-26-22-9-5-4-6-15-30(22)24/h10-13,18,20H,3-9,14-17H2,1-2H3. The molecular weight excluding hydrogens is 393 g/mol. The normalized spacial score (nSPS) is 20.7. The third-order valence-electron chi connectivity index (χ3n) is 6.85. The van der Waals surface area contributed by atoms with Crippen molar-refractivity contribution in [3.05, 3.63) is 47.3 Å². The van der Waals surface area contributed by atoms with Gasteiger partial charge in [-0.25, -0.2) is 4.39 Å². The minimum atomic E-state index is -0.254. The lowest BCUT2D eigenvalue weighted by Gasteiger charge is -2.35. The Hall–Kier alpha value is -2.28. The molecule has 6 nitrogen and oxygen atoms in total.